The Balaban J connectivity index is 1.39. The second kappa shape index (κ2) is 9.22. The molecule has 6 nitrogen and oxygen atoms in total. The fourth-order valence-corrected chi connectivity index (χ4v) is 4.12. The SMILES string of the molecule is CCCCOc1ccc(C(=O)N2CCCC(c3nnc(-c4cccs4)o3)C2)cc1. The molecule has 1 unspecified atom stereocenters. The molecule has 1 atom stereocenters. The lowest BCUT2D eigenvalue weighted by Crippen LogP contribution is -2.39. The Morgan fingerprint density at radius 2 is 2.14 bits per heavy atom. The number of hydrogen-bond acceptors (Lipinski definition) is 6. The van der Waals surface area contributed by atoms with Crippen molar-refractivity contribution in [3.05, 3.63) is 53.2 Å². The summed E-state index contributed by atoms with van der Waals surface area (Å²) in [6.07, 6.45) is 3.99. The molecule has 7 heteroatoms. The van der Waals surface area contributed by atoms with Gasteiger partial charge in [-0.15, -0.1) is 21.5 Å². The first kappa shape index (κ1) is 19.6. The Kier molecular flexibility index (Phi) is 6.24. The normalized spacial score (nSPS) is 16.7. The summed E-state index contributed by atoms with van der Waals surface area (Å²) in [4.78, 5) is 15.8. The van der Waals surface area contributed by atoms with Crippen LogP contribution >= 0.6 is 11.3 Å². The van der Waals surface area contributed by atoms with Gasteiger partial charge in [0, 0.05) is 18.7 Å². The van der Waals surface area contributed by atoms with Gasteiger partial charge in [-0.25, -0.2) is 0 Å². The molecule has 29 heavy (non-hydrogen) atoms. The van der Waals surface area contributed by atoms with E-state index in [1.165, 1.54) is 0 Å². The van der Waals surface area contributed by atoms with Crippen LogP contribution in [0.5, 0.6) is 5.75 Å². The van der Waals surface area contributed by atoms with E-state index >= 15 is 0 Å². The number of rotatable bonds is 7. The lowest BCUT2D eigenvalue weighted by molar-refractivity contribution is 0.0698. The molecule has 3 heterocycles. The number of piperidine rings is 1. The predicted molar refractivity (Wildman–Crippen MR) is 112 cm³/mol. The molecule has 1 aliphatic rings. The van der Waals surface area contributed by atoms with Crippen molar-refractivity contribution in [2.24, 2.45) is 0 Å². The largest absolute Gasteiger partial charge is 0.494 e. The Hall–Kier alpha value is -2.67. The van der Waals surface area contributed by atoms with Crippen LogP contribution in [0.2, 0.25) is 0 Å². The van der Waals surface area contributed by atoms with Gasteiger partial charge in [0.05, 0.1) is 17.4 Å². The summed E-state index contributed by atoms with van der Waals surface area (Å²) in [5.41, 5.74) is 0.679. The van der Waals surface area contributed by atoms with E-state index < -0.39 is 0 Å². The van der Waals surface area contributed by atoms with Gasteiger partial charge in [0.25, 0.3) is 11.8 Å². The standard InChI is InChI=1S/C22H25N3O3S/c1-2-3-13-27-18-10-8-16(9-11-18)22(26)25-12-4-6-17(15-25)20-23-24-21(28-20)19-7-5-14-29-19/h5,7-11,14,17H,2-4,6,12-13,15H2,1H3. The lowest BCUT2D eigenvalue weighted by atomic mass is 9.97. The van der Waals surface area contributed by atoms with E-state index in [9.17, 15) is 4.79 Å². The molecule has 1 fully saturated rings. The molecular formula is C22H25N3O3S. The zero-order valence-electron chi connectivity index (χ0n) is 16.5. The molecule has 1 amide bonds. The number of likely N-dealkylation sites (tertiary alicyclic amines) is 1. The van der Waals surface area contributed by atoms with Crippen molar-refractivity contribution in [1.82, 2.24) is 15.1 Å². The number of unbranched alkanes of at least 4 members (excludes halogenated alkanes) is 1. The van der Waals surface area contributed by atoms with Crippen molar-refractivity contribution in [2.45, 2.75) is 38.5 Å². The minimum atomic E-state index is 0.0350. The second-order valence-corrected chi connectivity index (χ2v) is 8.19. The number of nitrogens with zero attached hydrogens (tertiary/aromatic N) is 3. The number of ether oxygens (including phenoxy) is 1. The van der Waals surface area contributed by atoms with Crippen LogP contribution in [0, 0.1) is 0 Å². The van der Waals surface area contributed by atoms with E-state index in [0.29, 0.717) is 30.5 Å². The number of thiophene rings is 1. The molecular weight excluding hydrogens is 386 g/mol. The summed E-state index contributed by atoms with van der Waals surface area (Å²) in [5.74, 6) is 2.08. The Morgan fingerprint density at radius 1 is 1.28 bits per heavy atom. The highest BCUT2D eigenvalue weighted by Gasteiger charge is 2.29. The number of hydrogen-bond donors (Lipinski definition) is 0. The molecule has 0 aliphatic carbocycles. The summed E-state index contributed by atoms with van der Waals surface area (Å²) in [5, 5.41) is 10.4. The van der Waals surface area contributed by atoms with E-state index in [4.69, 9.17) is 9.15 Å². The number of amides is 1. The van der Waals surface area contributed by atoms with Crippen molar-refractivity contribution >= 4 is 17.2 Å². The van der Waals surface area contributed by atoms with Gasteiger partial charge >= 0.3 is 0 Å². The molecule has 4 rings (SSSR count). The topological polar surface area (TPSA) is 68.5 Å². The maximum absolute atomic E-state index is 13.0. The molecule has 1 saturated heterocycles. The molecule has 0 bridgehead atoms. The molecule has 0 saturated carbocycles. The number of carbonyl (C=O) groups is 1. The summed E-state index contributed by atoms with van der Waals surface area (Å²) in [6, 6.07) is 11.4. The zero-order valence-corrected chi connectivity index (χ0v) is 17.4. The number of carbonyl (C=O) groups excluding carboxylic acids is 1. The fourth-order valence-electron chi connectivity index (χ4n) is 3.47. The van der Waals surface area contributed by atoms with Crippen LogP contribution in [0.15, 0.2) is 46.2 Å². The molecule has 2 aromatic heterocycles. The molecule has 0 N–H and O–H groups in total. The van der Waals surface area contributed by atoms with E-state index in [0.717, 1.165) is 42.9 Å². The van der Waals surface area contributed by atoms with Crippen LogP contribution in [0.25, 0.3) is 10.8 Å². The highest BCUT2D eigenvalue weighted by Crippen LogP contribution is 2.30. The summed E-state index contributed by atoms with van der Waals surface area (Å²) < 4.78 is 11.6. The Morgan fingerprint density at radius 3 is 2.90 bits per heavy atom. The van der Waals surface area contributed by atoms with Gasteiger partial charge in [0.2, 0.25) is 5.89 Å². The molecule has 152 valence electrons. The van der Waals surface area contributed by atoms with Crippen LogP contribution < -0.4 is 4.74 Å². The van der Waals surface area contributed by atoms with E-state index in [1.54, 1.807) is 11.3 Å². The summed E-state index contributed by atoms with van der Waals surface area (Å²) >= 11 is 1.57. The van der Waals surface area contributed by atoms with Gasteiger partial charge in [0.15, 0.2) is 0 Å². The monoisotopic (exact) mass is 411 g/mol. The third-order valence-corrected chi connectivity index (χ3v) is 5.96. The van der Waals surface area contributed by atoms with Gasteiger partial charge in [-0.05, 0) is 55.0 Å². The average molecular weight is 412 g/mol. The van der Waals surface area contributed by atoms with Gasteiger partial charge in [-0.3, -0.25) is 4.79 Å². The quantitative estimate of drug-likeness (QED) is 0.512. The maximum atomic E-state index is 13.0. The van der Waals surface area contributed by atoms with Crippen molar-refractivity contribution < 1.29 is 13.9 Å². The van der Waals surface area contributed by atoms with Gasteiger partial charge in [0.1, 0.15) is 5.75 Å². The van der Waals surface area contributed by atoms with Crippen LogP contribution in [-0.4, -0.2) is 40.7 Å². The van der Waals surface area contributed by atoms with Crippen molar-refractivity contribution in [3.63, 3.8) is 0 Å². The molecule has 0 spiro atoms. The average Bonchev–Trinajstić information content (AvgIpc) is 3.46. The van der Waals surface area contributed by atoms with Crippen LogP contribution in [0.3, 0.4) is 0 Å². The first-order valence-electron chi connectivity index (χ1n) is 10.1. The predicted octanol–water partition coefficient (Wildman–Crippen LogP) is 5.00. The first-order valence-corrected chi connectivity index (χ1v) is 11.0. The van der Waals surface area contributed by atoms with E-state index in [2.05, 4.69) is 17.1 Å². The van der Waals surface area contributed by atoms with Crippen LogP contribution in [-0.2, 0) is 0 Å². The minimum Gasteiger partial charge on any atom is -0.494 e. The van der Waals surface area contributed by atoms with Crippen LogP contribution in [0.1, 0.15) is 54.8 Å². The number of benzene rings is 1. The number of aromatic nitrogens is 2. The highest BCUT2D eigenvalue weighted by atomic mass is 32.1. The zero-order chi connectivity index (χ0) is 20.1. The Bertz CT molecular complexity index is 921. The van der Waals surface area contributed by atoms with Crippen molar-refractivity contribution in [1.29, 1.82) is 0 Å². The second-order valence-electron chi connectivity index (χ2n) is 7.24. The summed E-state index contributed by atoms with van der Waals surface area (Å²) in [6.45, 7) is 4.18. The van der Waals surface area contributed by atoms with Crippen LogP contribution in [0.4, 0.5) is 0 Å². The highest BCUT2D eigenvalue weighted by molar-refractivity contribution is 7.13. The molecule has 1 aromatic carbocycles. The van der Waals surface area contributed by atoms with Gasteiger partial charge < -0.3 is 14.1 Å². The van der Waals surface area contributed by atoms with Crippen molar-refractivity contribution in [2.75, 3.05) is 19.7 Å². The third kappa shape index (κ3) is 4.67. The molecule has 3 aromatic rings. The van der Waals surface area contributed by atoms with E-state index in [1.807, 2.05) is 46.7 Å². The molecule has 1 aliphatic heterocycles. The molecule has 0 radical (unpaired) electrons. The third-order valence-electron chi connectivity index (χ3n) is 5.10. The smallest absolute Gasteiger partial charge is 0.257 e. The van der Waals surface area contributed by atoms with Crippen molar-refractivity contribution in [3.8, 4) is 16.5 Å². The summed E-state index contributed by atoms with van der Waals surface area (Å²) in [7, 11) is 0. The van der Waals surface area contributed by atoms with Gasteiger partial charge in [-0.2, -0.15) is 0 Å². The van der Waals surface area contributed by atoms with E-state index in [-0.39, 0.29) is 11.8 Å². The Labute approximate surface area is 174 Å². The fraction of sp³-hybridized carbons (Fsp3) is 0.409. The first-order chi connectivity index (χ1) is 14.2. The lowest BCUT2D eigenvalue weighted by Gasteiger charge is -2.31. The minimum absolute atomic E-state index is 0.0350. The maximum Gasteiger partial charge on any atom is 0.257 e. The van der Waals surface area contributed by atoms with Gasteiger partial charge in [-0.1, -0.05) is 19.4 Å².